The first kappa shape index (κ1) is 16.3. The zero-order chi connectivity index (χ0) is 16.9. The van der Waals surface area contributed by atoms with Crippen LogP contribution in [0.25, 0.3) is 0 Å². The Morgan fingerprint density at radius 2 is 1.92 bits per heavy atom. The largest absolute Gasteiger partial charge is 0.467 e. The van der Waals surface area contributed by atoms with E-state index in [4.69, 9.17) is 27.6 Å². The Labute approximate surface area is 147 Å². The van der Waals surface area contributed by atoms with Crippen molar-refractivity contribution in [1.82, 2.24) is 9.97 Å². The van der Waals surface area contributed by atoms with Crippen LogP contribution in [0.2, 0.25) is 10.0 Å². The second-order valence-corrected chi connectivity index (χ2v) is 5.70. The molecular formula is C16H12Cl2N4O2. The fourth-order valence-electron chi connectivity index (χ4n) is 1.95. The summed E-state index contributed by atoms with van der Waals surface area (Å²) in [5.74, 6) is 0.906. The van der Waals surface area contributed by atoms with Crippen LogP contribution in [0.4, 0.5) is 11.5 Å². The lowest BCUT2D eigenvalue weighted by Crippen LogP contribution is -2.14. The molecule has 0 saturated heterocycles. The summed E-state index contributed by atoms with van der Waals surface area (Å²) in [5.41, 5.74) is 0.661. The predicted molar refractivity (Wildman–Crippen MR) is 92.5 cm³/mol. The molecule has 122 valence electrons. The van der Waals surface area contributed by atoms with Gasteiger partial charge in [-0.15, -0.1) is 0 Å². The minimum Gasteiger partial charge on any atom is -0.467 e. The number of amides is 1. The van der Waals surface area contributed by atoms with Gasteiger partial charge in [-0.25, -0.2) is 9.97 Å². The number of hydrogen-bond donors (Lipinski definition) is 2. The molecule has 3 aromatic rings. The molecule has 1 amide bonds. The number of hydrogen-bond acceptors (Lipinski definition) is 5. The molecule has 2 aromatic heterocycles. The first-order valence-electron chi connectivity index (χ1n) is 6.96. The second-order valence-electron chi connectivity index (χ2n) is 4.83. The van der Waals surface area contributed by atoms with Gasteiger partial charge in [-0.1, -0.05) is 23.2 Å². The van der Waals surface area contributed by atoms with E-state index in [0.717, 1.165) is 5.76 Å². The van der Waals surface area contributed by atoms with E-state index < -0.39 is 5.91 Å². The van der Waals surface area contributed by atoms with Crippen LogP contribution >= 0.6 is 23.2 Å². The van der Waals surface area contributed by atoms with Crippen LogP contribution < -0.4 is 10.6 Å². The molecule has 1 aromatic carbocycles. The zero-order valence-electron chi connectivity index (χ0n) is 12.3. The topological polar surface area (TPSA) is 80.0 Å². The Balaban J connectivity index is 1.63. The van der Waals surface area contributed by atoms with Crippen LogP contribution in [0.3, 0.4) is 0 Å². The minimum absolute atomic E-state index is 0.176. The highest BCUT2D eigenvalue weighted by Crippen LogP contribution is 2.22. The summed E-state index contributed by atoms with van der Waals surface area (Å²) in [6.07, 6.45) is 4.45. The van der Waals surface area contributed by atoms with Gasteiger partial charge in [0.2, 0.25) is 0 Å². The first-order valence-corrected chi connectivity index (χ1v) is 7.71. The van der Waals surface area contributed by atoms with Gasteiger partial charge >= 0.3 is 0 Å². The highest BCUT2D eigenvalue weighted by Gasteiger charge is 2.09. The summed E-state index contributed by atoms with van der Waals surface area (Å²) in [7, 11) is 0. The standard InChI is InChI=1S/C16H12Cl2N4O2/c17-10-4-11(18)6-12(5-10)22-16(23)14-8-21-15(9-19-14)20-7-13-2-1-3-24-13/h1-6,8-9H,7H2,(H,20,21)(H,22,23). The second kappa shape index (κ2) is 7.33. The van der Waals surface area contributed by atoms with Crippen molar-refractivity contribution >= 4 is 40.6 Å². The molecule has 0 radical (unpaired) electrons. The highest BCUT2D eigenvalue weighted by molar-refractivity contribution is 6.35. The van der Waals surface area contributed by atoms with E-state index in [1.807, 2.05) is 6.07 Å². The number of benzene rings is 1. The van der Waals surface area contributed by atoms with Gasteiger partial charge in [0.1, 0.15) is 17.3 Å². The summed E-state index contributed by atoms with van der Waals surface area (Å²) >= 11 is 11.8. The number of aromatic nitrogens is 2. The molecule has 0 atom stereocenters. The molecule has 8 heteroatoms. The van der Waals surface area contributed by atoms with Gasteiger partial charge in [-0.2, -0.15) is 0 Å². The van der Waals surface area contributed by atoms with Crippen molar-refractivity contribution in [3.63, 3.8) is 0 Å². The molecule has 2 N–H and O–H groups in total. The van der Waals surface area contributed by atoms with Crippen LogP contribution in [-0.4, -0.2) is 15.9 Å². The summed E-state index contributed by atoms with van der Waals surface area (Å²) in [6.45, 7) is 0.480. The molecule has 6 nitrogen and oxygen atoms in total. The van der Waals surface area contributed by atoms with Gasteiger partial charge in [0.15, 0.2) is 0 Å². The smallest absolute Gasteiger partial charge is 0.275 e. The van der Waals surface area contributed by atoms with Crippen LogP contribution in [-0.2, 0) is 6.54 Å². The fraction of sp³-hybridized carbons (Fsp3) is 0.0625. The molecule has 0 aliphatic carbocycles. The van der Waals surface area contributed by atoms with Crippen molar-refractivity contribution in [3.05, 3.63) is 70.5 Å². The number of rotatable bonds is 5. The van der Waals surface area contributed by atoms with Crippen LogP contribution in [0.15, 0.2) is 53.4 Å². The van der Waals surface area contributed by atoms with Gasteiger partial charge in [-0.05, 0) is 30.3 Å². The zero-order valence-corrected chi connectivity index (χ0v) is 13.8. The molecule has 0 unspecified atom stereocenters. The highest BCUT2D eigenvalue weighted by atomic mass is 35.5. The number of anilines is 2. The average molecular weight is 363 g/mol. The van der Waals surface area contributed by atoms with E-state index in [2.05, 4.69) is 20.6 Å². The first-order chi connectivity index (χ1) is 11.6. The Morgan fingerprint density at radius 1 is 1.12 bits per heavy atom. The summed E-state index contributed by atoms with van der Waals surface area (Å²) < 4.78 is 5.21. The van der Waals surface area contributed by atoms with Crippen molar-refractivity contribution in [1.29, 1.82) is 0 Å². The predicted octanol–water partition coefficient (Wildman–Crippen LogP) is 4.24. The maximum Gasteiger partial charge on any atom is 0.275 e. The van der Waals surface area contributed by atoms with E-state index in [1.54, 1.807) is 30.5 Å². The lowest BCUT2D eigenvalue weighted by Gasteiger charge is -2.07. The van der Waals surface area contributed by atoms with Gasteiger partial charge in [0, 0.05) is 15.7 Å². The third kappa shape index (κ3) is 4.24. The van der Waals surface area contributed by atoms with Crippen LogP contribution in [0.1, 0.15) is 16.2 Å². The maximum atomic E-state index is 12.2. The number of halogens is 2. The van der Waals surface area contributed by atoms with Gasteiger partial charge in [-0.3, -0.25) is 4.79 Å². The fourth-order valence-corrected chi connectivity index (χ4v) is 2.47. The van der Waals surface area contributed by atoms with Crippen molar-refractivity contribution in [2.24, 2.45) is 0 Å². The maximum absolute atomic E-state index is 12.2. The molecule has 0 bridgehead atoms. The quantitative estimate of drug-likeness (QED) is 0.709. The molecule has 2 heterocycles. The van der Waals surface area contributed by atoms with Gasteiger partial charge in [0.25, 0.3) is 5.91 Å². The summed E-state index contributed by atoms with van der Waals surface area (Å²) in [4.78, 5) is 20.4. The monoisotopic (exact) mass is 362 g/mol. The minimum atomic E-state index is -0.404. The van der Waals surface area contributed by atoms with E-state index in [1.165, 1.54) is 12.4 Å². The molecular weight excluding hydrogens is 351 g/mol. The number of nitrogens with zero attached hydrogens (tertiary/aromatic N) is 2. The molecule has 0 aliphatic heterocycles. The van der Waals surface area contributed by atoms with Crippen LogP contribution in [0, 0.1) is 0 Å². The van der Waals surface area contributed by atoms with Crippen LogP contribution in [0.5, 0.6) is 0 Å². The van der Waals surface area contributed by atoms with Crippen molar-refractivity contribution in [2.45, 2.75) is 6.54 Å². The number of furan rings is 1. The lowest BCUT2D eigenvalue weighted by molar-refractivity contribution is 0.102. The summed E-state index contributed by atoms with van der Waals surface area (Å²) in [6, 6.07) is 8.42. The number of carbonyl (C=O) groups excluding carboxylic acids is 1. The Bertz CT molecular complexity index is 816. The lowest BCUT2D eigenvalue weighted by atomic mass is 10.3. The van der Waals surface area contributed by atoms with E-state index >= 15 is 0 Å². The normalized spacial score (nSPS) is 10.4. The van der Waals surface area contributed by atoms with Crippen molar-refractivity contribution in [3.8, 4) is 0 Å². The average Bonchev–Trinajstić information content (AvgIpc) is 3.06. The summed E-state index contributed by atoms with van der Waals surface area (Å²) in [5, 5.41) is 6.58. The molecule has 0 aliphatic rings. The van der Waals surface area contributed by atoms with E-state index in [-0.39, 0.29) is 5.69 Å². The van der Waals surface area contributed by atoms with E-state index in [0.29, 0.717) is 28.1 Å². The van der Waals surface area contributed by atoms with Crippen molar-refractivity contribution < 1.29 is 9.21 Å². The number of nitrogens with one attached hydrogen (secondary N) is 2. The molecule has 3 rings (SSSR count). The SMILES string of the molecule is O=C(Nc1cc(Cl)cc(Cl)c1)c1cnc(NCc2ccco2)cn1. The Morgan fingerprint density at radius 3 is 2.54 bits per heavy atom. The van der Waals surface area contributed by atoms with Gasteiger partial charge in [0.05, 0.1) is 25.2 Å². The molecule has 0 saturated carbocycles. The third-order valence-corrected chi connectivity index (χ3v) is 3.47. The molecule has 24 heavy (non-hydrogen) atoms. The molecule has 0 fully saturated rings. The number of carbonyl (C=O) groups is 1. The third-order valence-electron chi connectivity index (χ3n) is 3.03. The molecule has 0 spiro atoms. The van der Waals surface area contributed by atoms with Crippen molar-refractivity contribution in [2.75, 3.05) is 10.6 Å². The Hall–Kier alpha value is -2.57. The van der Waals surface area contributed by atoms with Gasteiger partial charge < -0.3 is 15.1 Å². The Kier molecular flexibility index (Phi) is 4.98. The van der Waals surface area contributed by atoms with E-state index in [9.17, 15) is 4.79 Å².